The minimum atomic E-state index is -0.399. The van der Waals surface area contributed by atoms with Crippen molar-refractivity contribution in [3.8, 4) is 17.2 Å². The third-order valence-electron chi connectivity index (χ3n) is 4.41. The van der Waals surface area contributed by atoms with E-state index in [0.717, 1.165) is 30.4 Å². The summed E-state index contributed by atoms with van der Waals surface area (Å²) in [7, 11) is 0. The molecule has 154 valence electrons. The van der Waals surface area contributed by atoms with Gasteiger partial charge in [-0.2, -0.15) is 0 Å². The highest BCUT2D eigenvalue weighted by atomic mass is 16.5. The molecule has 0 bridgehead atoms. The highest BCUT2D eigenvalue weighted by Crippen LogP contribution is 2.17. The van der Waals surface area contributed by atoms with E-state index in [9.17, 15) is 9.59 Å². The Morgan fingerprint density at radius 3 is 1.77 bits per heavy atom. The Balaban J connectivity index is 1.35. The van der Waals surface area contributed by atoms with E-state index in [1.165, 1.54) is 0 Å². The van der Waals surface area contributed by atoms with Crippen LogP contribution in [0.3, 0.4) is 0 Å². The minimum absolute atomic E-state index is 0.399. The lowest BCUT2D eigenvalue weighted by Crippen LogP contribution is -2.08. The Morgan fingerprint density at radius 1 is 0.733 bits per heavy atom. The van der Waals surface area contributed by atoms with Gasteiger partial charge in [0.2, 0.25) is 0 Å². The summed E-state index contributed by atoms with van der Waals surface area (Å²) in [6.45, 7) is 3.11. The first-order valence-electron chi connectivity index (χ1n) is 9.84. The second-order valence-corrected chi connectivity index (χ2v) is 6.82. The van der Waals surface area contributed by atoms with E-state index in [4.69, 9.17) is 14.2 Å². The first-order chi connectivity index (χ1) is 14.6. The summed E-state index contributed by atoms with van der Waals surface area (Å²) in [6, 6.07) is 21.3. The van der Waals surface area contributed by atoms with Crippen LogP contribution in [0.4, 0.5) is 0 Å². The fraction of sp³-hybridized carbons (Fsp3) is 0.200. The van der Waals surface area contributed by atoms with Crippen LogP contribution in [0, 0.1) is 6.92 Å². The van der Waals surface area contributed by atoms with Crippen molar-refractivity contribution in [2.75, 3.05) is 13.2 Å². The Kier molecular flexibility index (Phi) is 7.61. The van der Waals surface area contributed by atoms with E-state index < -0.39 is 5.97 Å². The Hall–Kier alpha value is -3.60. The molecule has 30 heavy (non-hydrogen) atoms. The van der Waals surface area contributed by atoms with Crippen molar-refractivity contribution in [3.05, 3.63) is 89.5 Å². The zero-order valence-corrected chi connectivity index (χ0v) is 16.9. The molecule has 0 atom stereocenters. The van der Waals surface area contributed by atoms with Crippen molar-refractivity contribution in [1.29, 1.82) is 0 Å². The topological polar surface area (TPSA) is 61.8 Å². The van der Waals surface area contributed by atoms with Crippen molar-refractivity contribution in [2.45, 2.75) is 19.8 Å². The average Bonchev–Trinajstić information content (AvgIpc) is 2.78. The summed E-state index contributed by atoms with van der Waals surface area (Å²) in [6.07, 6.45) is 2.49. The number of benzene rings is 3. The van der Waals surface area contributed by atoms with Gasteiger partial charge >= 0.3 is 5.97 Å². The molecular weight excluding hydrogens is 380 g/mol. The van der Waals surface area contributed by atoms with Crippen LogP contribution in [0.1, 0.15) is 39.1 Å². The molecule has 0 aliphatic carbocycles. The number of carbonyl (C=O) groups is 2. The zero-order chi connectivity index (χ0) is 21.2. The maximum atomic E-state index is 12.2. The predicted molar refractivity (Wildman–Crippen MR) is 115 cm³/mol. The molecule has 0 unspecified atom stereocenters. The third kappa shape index (κ3) is 6.48. The molecule has 3 aromatic carbocycles. The zero-order valence-electron chi connectivity index (χ0n) is 16.9. The Labute approximate surface area is 176 Å². The van der Waals surface area contributed by atoms with Gasteiger partial charge in [-0.1, -0.05) is 17.7 Å². The highest BCUT2D eigenvalue weighted by Gasteiger charge is 2.08. The van der Waals surface area contributed by atoms with Crippen LogP contribution in [-0.4, -0.2) is 25.5 Å². The lowest BCUT2D eigenvalue weighted by Gasteiger charge is -2.09. The van der Waals surface area contributed by atoms with E-state index in [1.54, 1.807) is 60.7 Å². The molecule has 0 aliphatic rings. The number of aryl methyl sites for hydroxylation is 1. The molecular formula is C25H24O5. The van der Waals surface area contributed by atoms with Gasteiger partial charge in [-0.05, 0) is 80.4 Å². The average molecular weight is 404 g/mol. The molecule has 0 spiro atoms. The molecule has 0 heterocycles. The lowest BCUT2D eigenvalue weighted by atomic mass is 10.2. The van der Waals surface area contributed by atoms with Gasteiger partial charge in [0.25, 0.3) is 0 Å². The van der Waals surface area contributed by atoms with E-state index in [2.05, 4.69) is 0 Å². The Bertz CT molecular complexity index is 944. The number of hydrogen-bond donors (Lipinski definition) is 0. The van der Waals surface area contributed by atoms with Gasteiger partial charge in [0, 0.05) is 5.56 Å². The van der Waals surface area contributed by atoms with Gasteiger partial charge in [0.05, 0.1) is 18.8 Å². The lowest BCUT2D eigenvalue weighted by molar-refractivity contribution is 0.0734. The number of esters is 1. The molecule has 0 aromatic heterocycles. The second-order valence-electron chi connectivity index (χ2n) is 6.82. The van der Waals surface area contributed by atoms with Gasteiger partial charge in [0.15, 0.2) is 0 Å². The second kappa shape index (κ2) is 10.8. The monoisotopic (exact) mass is 404 g/mol. The van der Waals surface area contributed by atoms with Crippen LogP contribution >= 0.6 is 0 Å². The maximum absolute atomic E-state index is 12.2. The van der Waals surface area contributed by atoms with Gasteiger partial charge < -0.3 is 14.2 Å². The Morgan fingerprint density at radius 2 is 1.23 bits per heavy atom. The van der Waals surface area contributed by atoms with Gasteiger partial charge in [-0.3, -0.25) is 4.79 Å². The van der Waals surface area contributed by atoms with Gasteiger partial charge in [0.1, 0.15) is 23.5 Å². The molecule has 3 rings (SSSR count). The van der Waals surface area contributed by atoms with Gasteiger partial charge in [-0.15, -0.1) is 0 Å². The predicted octanol–water partition coefficient (Wildman–Crippen LogP) is 5.26. The summed E-state index contributed by atoms with van der Waals surface area (Å²) in [5.41, 5.74) is 2.21. The molecule has 0 saturated carbocycles. The largest absolute Gasteiger partial charge is 0.494 e. The van der Waals surface area contributed by atoms with Gasteiger partial charge in [-0.25, -0.2) is 4.79 Å². The number of rotatable bonds is 10. The molecule has 0 aliphatic heterocycles. The van der Waals surface area contributed by atoms with Crippen LogP contribution < -0.4 is 14.2 Å². The van der Waals surface area contributed by atoms with Crippen LogP contribution in [-0.2, 0) is 0 Å². The van der Waals surface area contributed by atoms with Crippen LogP contribution in [0.5, 0.6) is 17.2 Å². The SMILES string of the molecule is Cc1ccc(OC(=O)c2ccc(OCCCCOc3ccc(C=O)cc3)cc2)cc1. The molecule has 5 nitrogen and oxygen atoms in total. The van der Waals surface area contributed by atoms with Crippen LogP contribution in [0.15, 0.2) is 72.8 Å². The number of hydrogen-bond acceptors (Lipinski definition) is 5. The van der Waals surface area contributed by atoms with Crippen molar-refractivity contribution in [1.82, 2.24) is 0 Å². The molecule has 5 heteroatoms. The van der Waals surface area contributed by atoms with Crippen molar-refractivity contribution in [2.24, 2.45) is 0 Å². The third-order valence-corrected chi connectivity index (χ3v) is 4.41. The molecule has 0 radical (unpaired) electrons. The maximum Gasteiger partial charge on any atom is 0.343 e. The number of aldehydes is 1. The summed E-state index contributed by atoms with van der Waals surface area (Å²) < 4.78 is 16.7. The van der Waals surface area contributed by atoms with E-state index in [-0.39, 0.29) is 0 Å². The standard InChI is InChI=1S/C25H24O5/c1-19-4-10-24(11-5-19)30-25(27)21-8-14-23(15-9-21)29-17-3-2-16-28-22-12-6-20(18-26)7-13-22/h4-15,18H,2-3,16-17H2,1H3. The fourth-order valence-corrected chi connectivity index (χ4v) is 2.69. The number of unbranched alkanes of at least 4 members (excludes halogenated alkanes) is 1. The number of carbonyl (C=O) groups excluding carboxylic acids is 2. The minimum Gasteiger partial charge on any atom is -0.494 e. The summed E-state index contributed by atoms with van der Waals surface area (Å²) in [5, 5.41) is 0. The smallest absolute Gasteiger partial charge is 0.343 e. The van der Waals surface area contributed by atoms with Crippen LogP contribution in [0.25, 0.3) is 0 Å². The first-order valence-corrected chi connectivity index (χ1v) is 9.84. The molecule has 0 fully saturated rings. The highest BCUT2D eigenvalue weighted by molar-refractivity contribution is 5.91. The molecule has 3 aromatic rings. The summed E-state index contributed by atoms with van der Waals surface area (Å²) in [4.78, 5) is 22.8. The van der Waals surface area contributed by atoms with E-state index in [0.29, 0.717) is 35.8 Å². The normalized spacial score (nSPS) is 10.3. The summed E-state index contributed by atoms with van der Waals surface area (Å²) >= 11 is 0. The van der Waals surface area contributed by atoms with Crippen molar-refractivity contribution >= 4 is 12.3 Å². The van der Waals surface area contributed by atoms with Crippen molar-refractivity contribution < 1.29 is 23.8 Å². The number of ether oxygens (including phenoxy) is 3. The molecule has 0 saturated heterocycles. The molecule has 0 N–H and O–H groups in total. The van der Waals surface area contributed by atoms with Crippen LogP contribution in [0.2, 0.25) is 0 Å². The first kappa shape index (κ1) is 21.1. The fourth-order valence-electron chi connectivity index (χ4n) is 2.69. The van der Waals surface area contributed by atoms with Crippen molar-refractivity contribution in [3.63, 3.8) is 0 Å². The summed E-state index contributed by atoms with van der Waals surface area (Å²) in [5.74, 6) is 1.57. The molecule has 0 amide bonds. The quantitative estimate of drug-likeness (QED) is 0.199. The van der Waals surface area contributed by atoms with E-state index in [1.807, 2.05) is 19.1 Å². The van der Waals surface area contributed by atoms with E-state index >= 15 is 0 Å².